The van der Waals surface area contributed by atoms with Crippen LogP contribution in [0.2, 0.25) is 10.0 Å². The number of likely N-dealkylation sites (tertiary alicyclic amines) is 1. The monoisotopic (exact) mass is 572 g/mol. The number of amides is 2. The van der Waals surface area contributed by atoms with Gasteiger partial charge in [-0.15, -0.1) is 0 Å². The second-order valence-electron chi connectivity index (χ2n) is 11.0. The normalized spacial score (nSPS) is 25.8. The van der Waals surface area contributed by atoms with Crippen molar-refractivity contribution >= 4 is 40.7 Å². The van der Waals surface area contributed by atoms with E-state index in [1.165, 1.54) is 0 Å². The van der Waals surface area contributed by atoms with Crippen LogP contribution in [0.25, 0.3) is 0 Å². The van der Waals surface area contributed by atoms with Gasteiger partial charge in [0.15, 0.2) is 0 Å². The van der Waals surface area contributed by atoms with E-state index in [-0.39, 0.29) is 35.7 Å². The first-order valence-electron chi connectivity index (χ1n) is 14.0. The molecule has 5 rings (SSSR count). The van der Waals surface area contributed by atoms with Crippen LogP contribution in [-0.2, 0) is 9.53 Å². The molecule has 7 nitrogen and oxygen atoms in total. The molecule has 2 aliphatic heterocycles. The van der Waals surface area contributed by atoms with E-state index in [1.54, 1.807) is 6.07 Å². The van der Waals surface area contributed by atoms with Crippen LogP contribution >= 0.6 is 23.2 Å². The maximum atomic E-state index is 13.7. The molecule has 3 aliphatic rings. The van der Waals surface area contributed by atoms with Crippen LogP contribution in [-0.4, -0.2) is 80.1 Å². The van der Waals surface area contributed by atoms with E-state index in [1.807, 2.05) is 53.2 Å². The van der Waals surface area contributed by atoms with Gasteiger partial charge in [-0.05, 0) is 61.2 Å². The predicted molar refractivity (Wildman–Crippen MR) is 156 cm³/mol. The number of halogens is 2. The molecule has 0 aromatic heterocycles. The van der Waals surface area contributed by atoms with Crippen molar-refractivity contribution in [3.63, 3.8) is 0 Å². The highest BCUT2D eigenvalue weighted by molar-refractivity contribution is 6.42. The molecular weight excluding hydrogens is 535 g/mol. The number of likely N-dealkylation sites (N-methyl/N-ethyl adjacent to an activating group) is 1. The van der Waals surface area contributed by atoms with Gasteiger partial charge < -0.3 is 25.2 Å². The Balaban J connectivity index is 1.36. The number of rotatable bonds is 5. The van der Waals surface area contributed by atoms with Gasteiger partial charge in [-0.2, -0.15) is 0 Å². The summed E-state index contributed by atoms with van der Waals surface area (Å²) >= 11 is 12.6. The zero-order chi connectivity index (χ0) is 27.5. The van der Waals surface area contributed by atoms with E-state index in [0.717, 1.165) is 50.0 Å². The van der Waals surface area contributed by atoms with E-state index in [2.05, 4.69) is 4.90 Å². The first kappa shape index (κ1) is 28.2. The van der Waals surface area contributed by atoms with Crippen LogP contribution in [0.5, 0.6) is 0 Å². The molecule has 2 aromatic carbocycles. The average Bonchev–Trinajstić information content (AvgIpc) is 2.98. The summed E-state index contributed by atoms with van der Waals surface area (Å²) in [5.74, 6) is -0.126. The van der Waals surface area contributed by atoms with Gasteiger partial charge in [0.05, 0.1) is 29.2 Å². The van der Waals surface area contributed by atoms with Crippen molar-refractivity contribution in [1.82, 2.24) is 9.80 Å². The van der Waals surface area contributed by atoms with Crippen LogP contribution in [0.3, 0.4) is 0 Å². The van der Waals surface area contributed by atoms with Crippen molar-refractivity contribution in [1.29, 1.82) is 0 Å². The molecule has 0 radical (unpaired) electrons. The third-order valence-electron chi connectivity index (χ3n) is 8.70. The highest BCUT2D eigenvalue weighted by Gasteiger charge is 2.40. The van der Waals surface area contributed by atoms with Crippen molar-refractivity contribution < 1.29 is 14.3 Å². The van der Waals surface area contributed by atoms with Gasteiger partial charge in [0, 0.05) is 62.5 Å². The lowest BCUT2D eigenvalue weighted by atomic mass is 9.81. The average molecular weight is 574 g/mol. The van der Waals surface area contributed by atoms with Gasteiger partial charge >= 0.3 is 0 Å². The standard InChI is InChI=1S/C30H38Cl2N4O3/c1-34(29(37)20-6-9-22(10-7-20)35-14-16-39-17-15-35)28-12-13-36(30(38)23-4-2-3-5-27(23)33)19-24(28)21-8-11-25(31)26(32)18-21/h6-11,18,23-24,27-28H,2-5,12-17,19,33H2,1H3/t23-,24-,27+,28+/m0/s1. The summed E-state index contributed by atoms with van der Waals surface area (Å²) in [5.41, 5.74) is 9.08. The zero-order valence-corrected chi connectivity index (χ0v) is 24.0. The van der Waals surface area contributed by atoms with Gasteiger partial charge in [-0.1, -0.05) is 42.1 Å². The van der Waals surface area contributed by atoms with E-state index in [0.29, 0.717) is 48.3 Å². The highest BCUT2D eigenvalue weighted by Crippen LogP contribution is 2.36. The molecule has 210 valence electrons. The molecule has 4 atom stereocenters. The summed E-state index contributed by atoms with van der Waals surface area (Å²) in [7, 11) is 1.86. The zero-order valence-electron chi connectivity index (χ0n) is 22.5. The number of morpholine rings is 1. The lowest BCUT2D eigenvalue weighted by Gasteiger charge is -2.44. The van der Waals surface area contributed by atoms with E-state index in [4.69, 9.17) is 33.7 Å². The second kappa shape index (κ2) is 12.5. The number of nitrogens with two attached hydrogens (primary N) is 1. The van der Waals surface area contributed by atoms with Crippen molar-refractivity contribution in [2.24, 2.45) is 11.7 Å². The van der Waals surface area contributed by atoms with Crippen molar-refractivity contribution in [2.45, 2.75) is 50.1 Å². The van der Waals surface area contributed by atoms with Crippen LogP contribution in [0.15, 0.2) is 42.5 Å². The van der Waals surface area contributed by atoms with Crippen molar-refractivity contribution in [3.05, 3.63) is 63.6 Å². The molecule has 0 unspecified atom stereocenters. The van der Waals surface area contributed by atoms with E-state index in [9.17, 15) is 9.59 Å². The quantitative estimate of drug-likeness (QED) is 0.556. The Morgan fingerprint density at radius 2 is 1.67 bits per heavy atom. The molecule has 1 saturated carbocycles. The SMILES string of the molecule is CN(C(=O)c1ccc(N2CCOCC2)cc1)[C@@H]1CCN(C(=O)[C@H]2CCCC[C@H]2N)C[C@H]1c1ccc(Cl)c(Cl)c1. The van der Waals surface area contributed by atoms with Crippen LogP contribution in [0.4, 0.5) is 5.69 Å². The minimum atomic E-state index is -0.130. The third kappa shape index (κ3) is 6.22. The van der Waals surface area contributed by atoms with Gasteiger partial charge in [0.1, 0.15) is 0 Å². The summed E-state index contributed by atoms with van der Waals surface area (Å²) in [4.78, 5) is 33.3. The highest BCUT2D eigenvalue weighted by atomic mass is 35.5. The predicted octanol–water partition coefficient (Wildman–Crippen LogP) is 4.80. The Labute approximate surface area is 241 Å². The molecule has 0 spiro atoms. The summed E-state index contributed by atoms with van der Waals surface area (Å²) in [6.07, 6.45) is 4.53. The number of nitrogens with zero attached hydrogens (tertiary/aromatic N) is 3. The van der Waals surface area contributed by atoms with Gasteiger partial charge in [0.2, 0.25) is 5.91 Å². The number of piperidine rings is 1. The van der Waals surface area contributed by atoms with Crippen LogP contribution < -0.4 is 10.6 Å². The molecule has 3 fully saturated rings. The lowest BCUT2D eigenvalue weighted by Crippen LogP contribution is -2.54. The fourth-order valence-corrected chi connectivity index (χ4v) is 6.67. The summed E-state index contributed by atoms with van der Waals surface area (Å²) < 4.78 is 5.46. The Bertz CT molecular complexity index is 1170. The second-order valence-corrected chi connectivity index (χ2v) is 11.9. The molecule has 0 bridgehead atoms. The fraction of sp³-hybridized carbons (Fsp3) is 0.533. The summed E-state index contributed by atoms with van der Waals surface area (Å²) in [6, 6.07) is 13.3. The van der Waals surface area contributed by atoms with E-state index < -0.39 is 0 Å². The topological polar surface area (TPSA) is 79.1 Å². The number of ether oxygens (including phenoxy) is 1. The number of carbonyl (C=O) groups excluding carboxylic acids is 2. The number of benzene rings is 2. The molecule has 2 heterocycles. The molecule has 2 amide bonds. The molecule has 2 saturated heterocycles. The lowest BCUT2D eigenvalue weighted by molar-refractivity contribution is -0.139. The van der Waals surface area contributed by atoms with Gasteiger partial charge in [0.25, 0.3) is 5.91 Å². The van der Waals surface area contributed by atoms with Crippen molar-refractivity contribution in [3.8, 4) is 0 Å². The molecule has 1 aliphatic carbocycles. The van der Waals surface area contributed by atoms with Gasteiger partial charge in [-0.3, -0.25) is 9.59 Å². The minimum Gasteiger partial charge on any atom is -0.378 e. The summed E-state index contributed by atoms with van der Waals surface area (Å²) in [5, 5.41) is 0.956. The number of anilines is 1. The third-order valence-corrected chi connectivity index (χ3v) is 9.44. The molecule has 9 heteroatoms. The minimum absolute atomic E-state index is 0.0346. The molecule has 39 heavy (non-hydrogen) atoms. The Morgan fingerprint density at radius 1 is 0.949 bits per heavy atom. The number of hydrogen-bond donors (Lipinski definition) is 1. The van der Waals surface area contributed by atoms with Gasteiger partial charge in [-0.25, -0.2) is 0 Å². The fourth-order valence-electron chi connectivity index (χ4n) is 6.37. The number of carbonyl (C=O) groups is 2. The first-order chi connectivity index (χ1) is 18.8. The Morgan fingerprint density at radius 3 is 2.36 bits per heavy atom. The van der Waals surface area contributed by atoms with Crippen molar-refractivity contribution in [2.75, 3.05) is 51.3 Å². The molecule has 2 N–H and O–H groups in total. The smallest absolute Gasteiger partial charge is 0.253 e. The van der Waals surface area contributed by atoms with Crippen LogP contribution in [0.1, 0.15) is 53.9 Å². The maximum absolute atomic E-state index is 13.7. The Kier molecular flexibility index (Phi) is 9.02. The van der Waals surface area contributed by atoms with E-state index >= 15 is 0 Å². The number of hydrogen-bond acceptors (Lipinski definition) is 5. The van der Waals surface area contributed by atoms with Crippen LogP contribution in [0, 0.1) is 5.92 Å². The largest absolute Gasteiger partial charge is 0.378 e. The maximum Gasteiger partial charge on any atom is 0.253 e. The summed E-state index contributed by atoms with van der Waals surface area (Å²) in [6.45, 7) is 4.24. The first-order valence-corrected chi connectivity index (χ1v) is 14.8. The molecular formula is C30H38Cl2N4O3. The Hall–Kier alpha value is -2.32. The molecule has 2 aromatic rings.